The molecule has 110 valence electrons. The molecule has 0 amide bonds. The van der Waals surface area contributed by atoms with Gasteiger partial charge in [-0.15, -0.1) is 0 Å². The molecule has 0 bridgehead atoms. The Morgan fingerprint density at radius 1 is 1.45 bits per heavy atom. The van der Waals surface area contributed by atoms with Crippen LogP contribution in [0.25, 0.3) is 0 Å². The Bertz CT molecular complexity index is 446. The quantitative estimate of drug-likeness (QED) is 0.836. The predicted octanol–water partition coefficient (Wildman–Crippen LogP) is 2.05. The van der Waals surface area contributed by atoms with Crippen molar-refractivity contribution in [1.29, 1.82) is 0 Å². The van der Waals surface area contributed by atoms with Crippen LogP contribution >= 0.6 is 0 Å². The van der Waals surface area contributed by atoms with Gasteiger partial charge >= 0.3 is 5.97 Å². The summed E-state index contributed by atoms with van der Waals surface area (Å²) in [4.78, 5) is 14.2. The zero-order chi connectivity index (χ0) is 14.4. The maximum Gasteiger partial charge on any atom is 0.338 e. The van der Waals surface area contributed by atoms with Crippen molar-refractivity contribution < 1.29 is 9.53 Å². The monoisotopic (exact) mass is 276 g/mol. The molecule has 1 heterocycles. The van der Waals surface area contributed by atoms with E-state index in [1.165, 1.54) is 20.0 Å². The Hall–Kier alpha value is -1.39. The number of esters is 1. The summed E-state index contributed by atoms with van der Waals surface area (Å²) in [5.74, 6) is -0.249. The van der Waals surface area contributed by atoms with Crippen LogP contribution in [0.2, 0.25) is 0 Å². The van der Waals surface area contributed by atoms with Crippen LogP contribution in [0.5, 0.6) is 0 Å². The zero-order valence-electron chi connectivity index (χ0n) is 12.4. The van der Waals surface area contributed by atoms with E-state index >= 15 is 0 Å². The van der Waals surface area contributed by atoms with Gasteiger partial charge in [0.1, 0.15) is 0 Å². The van der Waals surface area contributed by atoms with E-state index in [0.29, 0.717) is 11.6 Å². The summed E-state index contributed by atoms with van der Waals surface area (Å²) >= 11 is 0. The van der Waals surface area contributed by atoms with Gasteiger partial charge in [0, 0.05) is 32.2 Å². The Morgan fingerprint density at radius 3 is 3.00 bits per heavy atom. The summed E-state index contributed by atoms with van der Waals surface area (Å²) in [5.41, 5.74) is 1.73. The topological polar surface area (TPSA) is 41.6 Å². The molecule has 1 aliphatic rings. The van der Waals surface area contributed by atoms with Gasteiger partial charge in [-0.2, -0.15) is 0 Å². The summed E-state index contributed by atoms with van der Waals surface area (Å²) in [5, 5.41) is 3.55. The smallest absolute Gasteiger partial charge is 0.338 e. The van der Waals surface area contributed by atoms with Crippen molar-refractivity contribution in [2.45, 2.75) is 32.4 Å². The minimum Gasteiger partial charge on any atom is -0.465 e. The third-order valence-corrected chi connectivity index (χ3v) is 3.79. The first-order valence-electron chi connectivity index (χ1n) is 7.36. The third-order valence-electron chi connectivity index (χ3n) is 3.79. The molecule has 0 aliphatic carbocycles. The molecule has 1 atom stereocenters. The highest BCUT2D eigenvalue weighted by Crippen LogP contribution is 2.15. The average molecular weight is 276 g/mol. The molecular formula is C16H24N2O2. The van der Waals surface area contributed by atoms with E-state index in [4.69, 9.17) is 4.74 Å². The number of nitrogens with one attached hydrogen (secondary N) is 1. The van der Waals surface area contributed by atoms with E-state index in [0.717, 1.165) is 31.7 Å². The highest BCUT2D eigenvalue weighted by atomic mass is 16.5. The van der Waals surface area contributed by atoms with Gasteiger partial charge in [-0.3, -0.25) is 4.90 Å². The van der Waals surface area contributed by atoms with Crippen molar-refractivity contribution >= 4 is 5.97 Å². The fourth-order valence-corrected chi connectivity index (χ4v) is 2.79. The number of piperazine rings is 1. The van der Waals surface area contributed by atoms with E-state index in [9.17, 15) is 4.79 Å². The van der Waals surface area contributed by atoms with Crippen molar-refractivity contribution in [2.24, 2.45) is 0 Å². The second-order valence-corrected chi connectivity index (χ2v) is 5.32. The highest BCUT2D eigenvalue weighted by molar-refractivity contribution is 5.90. The minimum absolute atomic E-state index is 0.249. The first-order valence-corrected chi connectivity index (χ1v) is 7.36. The van der Waals surface area contributed by atoms with E-state index in [-0.39, 0.29) is 5.97 Å². The second-order valence-electron chi connectivity index (χ2n) is 5.32. The summed E-state index contributed by atoms with van der Waals surface area (Å²) < 4.78 is 4.86. The van der Waals surface area contributed by atoms with Crippen molar-refractivity contribution in [3.63, 3.8) is 0 Å². The molecular weight excluding hydrogens is 252 g/mol. The number of carbonyl (C=O) groups excluding carboxylic acids is 1. The Morgan fingerprint density at radius 2 is 2.25 bits per heavy atom. The SMILES string of the molecule is CCC[C@H]1CN(Cc2ccccc2C(=O)OC)CCN1. The lowest BCUT2D eigenvalue weighted by atomic mass is 10.0. The molecule has 0 radical (unpaired) electrons. The van der Waals surface area contributed by atoms with Crippen LogP contribution in [0, 0.1) is 0 Å². The lowest BCUT2D eigenvalue weighted by Gasteiger charge is -2.34. The molecule has 1 fully saturated rings. The maximum atomic E-state index is 11.8. The summed E-state index contributed by atoms with van der Waals surface area (Å²) in [7, 11) is 1.43. The highest BCUT2D eigenvalue weighted by Gasteiger charge is 2.20. The van der Waals surface area contributed by atoms with Gasteiger partial charge in [0.05, 0.1) is 12.7 Å². The van der Waals surface area contributed by atoms with Crippen molar-refractivity contribution in [3.05, 3.63) is 35.4 Å². The molecule has 0 spiro atoms. The number of hydrogen-bond acceptors (Lipinski definition) is 4. The predicted molar refractivity (Wildman–Crippen MR) is 79.8 cm³/mol. The number of rotatable bonds is 5. The van der Waals surface area contributed by atoms with Gasteiger partial charge in [-0.25, -0.2) is 4.79 Å². The molecule has 0 unspecified atom stereocenters. The van der Waals surface area contributed by atoms with Gasteiger partial charge < -0.3 is 10.1 Å². The molecule has 0 aromatic heterocycles. The Labute approximate surface area is 121 Å². The number of methoxy groups -OCH3 is 1. The molecule has 1 aromatic carbocycles. The minimum atomic E-state index is -0.249. The second kappa shape index (κ2) is 7.41. The molecule has 4 heteroatoms. The standard InChI is InChI=1S/C16H24N2O2/c1-3-6-14-12-18(10-9-17-14)11-13-7-4-5-8-15(13)16(19)20-2/h4-5,7-8,14,17H,3,6,9-12H2,1-2H3/t14-/m0/s1. The first kappa shape index (κ1) is 15.0. The van der Waals surface area contributed by atoms with E-state index in [1.54, 1.807) is 0 Å². The summed E-state index contributed by atoms with van der Waals surface area (Å²) in [6.45, 7) is 6.12. The fourth-order valence-electron chi connectivity index (χ4n) is 2.79. The zero-order valence-corrected chi connectivity index (χ0v) is 12.4. The molecule has 1 aliphatic heterocycles. The molecule has 1 aromatic rings. The Balaban J connectivity index is 2.04. The van der Waals surface area contributed by atoms with Crippen molar-refractivity contribution in [2.75, 3.05) is 26.7 Å². The number of ether oxygens (including phenoxy) is 1. The van der Waals surface area contributed by atoms with Crippen LogP contribution in [0.4, 0.5) is 0 Å². The van der Waals surface area contributed by atoms with Gasteiger partial charge in [-0.1, -0.05) is 31.5 Å². The van der Waals surface area contributed by atoms with Crippen LogP contribution in [0.1, 0.15) is 35.7 Å². The fraction of sp³-hybridized carbons (Fsp3) is 0.562. The average Bonchev–Trinajstić information content (AvgIpc) is 2.48. The van der Waals surface area contributed by atoms with Gasteiger partial charge in [0.2, 0.25) is 0 Å². The molecule has 4 nitrogen and oxygen atoms in total. The lowest BCUT2D eigenvalue weighted by molar-refractivity contribution is 0.0597. The molecule has 0 saturated carbocycles. The number of carbonyl (C=O) groups is 1. The van der Waals surface area contributed by atoms with E-state index in [2.05, 4.69) is 17.1 Å². The van der Waals surface area contributed by atoms with E-state index in [1.807, 2.05) is 24.3 Å². The van der Waals surface area contributed by atoms with Crippen LogP contribution in [0.3, 0.4) is 0 Å². The van der Waals surface area contributed by atoms with Crippen LogP contribution in [-0.2, 0) is 11.3 Å². The molecule has 1 N–H and O–H groups in total. The number of nitrogens with zero attached hydrogens (tertiary/aromatic N) is 1. The number of benzene rings is 1. The Kier molecular flexibility index (Phi) is 5.56. The van der Waals surface area contributed by atoms with Crippen LogP contribution < -0.4 is 5.32 Å². The van der Waals surface area contributed by atoms with Crippen LogP contribution in [-0.4, -0.2) is 43.7 Å². The van der Waals surface area contributed by atoms with Gasteiger partial charge in [0.15, 0.2) is 0 Å². The summed E-state index contributed by atoms with van der Waals surface area (Å²) in [6, 6.07) is 8.29. The van der Waals surface area contributed by atoms with Crippen molar-refractivity contribution in [1.82, 2.24) is 10.2 Å². The number of hydrogen-bond donors (Lipinski definition) is 1. The van der Waals surface area contributed by atoms with Crippen molar-refractivity contribution in [3.8, 4) is 0 Å². The van der Waals surface area contributed by atoms with Gasteiger partial charge in [-0.05, 0) is 18.1 Å². The lowest BCUT2D eigenvalue weighted by Crippen LogP contribution is -2.50. The maximum absolute atomic E-state index is 11.8. The van der Waals surface area contributed by atoms with Crippen LogP contribution in [0.15, 0.2) is 24.3 Å². The van der Waals surface area contributed by atoms with E-state index < -0.39 is 0 Å². The molecule has 1 saturated heterocycles. The molecule has 20 heavy (non-hydrogen) atoms. The normalized spacial score (nSPS) is 19.8. The largest absolute Gasteiger partial charge is 0.465 e. The molecule has 2 rings (SSSR count). The van der Waals surface area contributed by atoms with Gasteiger partial charge in [0.25, 0.3) is 0 Å². The first-order chi connectivity index (χ1) is 9.74. The third kappa shape index (κ3) is 3.81. The summed E-state index contributed by atoms with van der Waals surface area (Å²) in [6.07, 6.45) is 2.40.